The fourth-order valence-corrected chi connectivity index (χ4v) is 3.54. The summed E-state index contributed by atoms with van der Waals surface area (Å²) < 4.78 is 1.46. The fraction of sp³-hybridized carbons (Fsp3) is 0.600. The van der Waals surface area contributed by atoms with Gasteiger partial charge in [-0.2, -0.15) is 0 Å². The molecule has 1 aliphatic heterocycles. The number of hydrogen-bond acceptors (Lipinski definition) is 5. The SMILES string of the molecule is CC(C)Cn1c(=O)[nH]c(=O)c2c(C(=O)NCC3CCCN3)cc(C(C)C)nc21.Cl.Cl. The van der Waals surface area contributed by atoms with Crippen molar-refractivity contribution in [2.24, 2.45) is 5.92 Å². The summed E-state index contributed by atoms with van der Waals surface area (Å²) in [4.78, 5) is 44.9. The van der Waals surface area contributed by atoms with Crippen LogP contribution in [0.4, 0.5) is 0 Å². The zero-order chi connectivity index (χ0) is 20.4. The van der Waals surface area contributed by atoms with Gasteiger partial charge in [-0.25, -0.2) is 9.78 Å². The molecule has 1 unspecified atom stereocenters. The van der Waals surface area contributed by atoms with E-state index in [0.717, 1.165) is 19.4 Å². The monoisotopic (exact) mass is 459 g/mol. The Bertz CT molecular complexity index is 994. The molecule has 3 heterocycles. The number of pyridine rings is 1. The summed E-state index contributed by atoms with van der Waals surface area (Å²) in [5.41, 5.74) is 0.149. The molecule has 1 atom stereocenters. The first-order valence-corrected chi connectivity index (χ1v) is 9.97. The number of hydrogen-bond donors (Lipinski definition) is 3. The van der Waals surface area contributed by atoms with Crippen LogP contribution in [-0.2, 0) is 6.54 Å². The first kappa shape index (κ1) is 26.1. The molecule has 2 aromatic heterocycles. The van der Waals surface area contributed by atoms with Crippen LogP contribution >= 0.6 is 24.8 Å². The van der Waals surface area contributed by atoms with Crippen molar-refractivity contribution in [1.82, 2.24) is 25.2 Å². The second-order valence-corrected chi connectivity index (χ2v) is 8.22. The topological polar surface area (TPSA) is 109 Å². The van der Waals surface area contributed by atoms with Gasteiger partial charge in [-0.05, 0) is 37.3 Å². The average molecular weight is 460 g/mol. The molecule has 0 spiro atoms. The Hall–Kier alpha value is -1.90. The van der Waals surface area contributed by atoms with Gasteiger partial charge in [-0.1, -0.05) is 27.7 Å². The van der Waals surface area contributed by atoms with Crippen molar-refractivity contribution in [2.45, 2.75) is 59.0 Å². The van der Waals surface area contributed by atoms with E-state index < -0.39 is 11.2 Å². The Kier molecular flexibility index (Phi) is 9.52. The van der Waals surface area contributed by atoms with E-state index in [1.165, 1.54) is 4.57 Å². The van der Waals surface area contributed by atoms with Gasteiger partial charge in [0.25, 0.3) is 11.5 Å². The number of halogens is 2. The highest BCUT2D eigenvalue weighted by Gasteiger charge is 2.22. The Balaban J connectivity index is 0.00000225. The molecular weight excluding hydrogens is 429 g/mol. The molecule has 0 saturated carbocycles. The van der Waals surface area contributed by atoms with Gasteiger partial charge in [0.1, 0.15) is 0 Å². The highest BCUT2D eigenvalue weighted by molar-refractivity contribution is 6.05. The molecule has 8 nitrogen and oxygen atoms in total. The van der Waals surface area contributed by atoms with Crippen molar-refractivity contribution in [3.05, 3.63) is 38.2 Å². The molecule has 0 bridgehead atoms. The molecule has 30 heavy (non-hydrogen) atoms. The van der Waals surface area contributed by atoms with Crippen molar-refractivity contribution >= 4 is 41.8 Å². The molecule has 0 aliphatic carbocycles. The number of aromatic nitrogens is 3. The van der Waals surface area contributed by atoms with E-state index in [1.807, 2.05) is 27.7 Å². The minimum absolute atomic E-state index is 0. The van der Waals surface area contributed by atoms with E-state index in [2.05, 4.69) is 20.6 Å². The Morgan fingerprint density at radius 2 is 1.97 bits per heavy atom. The van der Waals surface area contributed by atoms with Gasteiger partial charge in [-0.15, -0.1) is 24.8 Å². The number of H-pyrrole nitrogens is 1. The van der Waals surface area contributed by atoms with Gasteiger partial charge in [0.05, 0.1) is 10.9 Å². The lowest BCUT2D eigenvalue weighted by atomic mass is 10.0. The van der Waals surface area contributed by atoms with Crippen LogP contribution in [0.2, 0.25) is 0 Å². The summed E-state index contributed by atoms with van der Waals surface area (Å²) in [5, 5.41) is 6.44. The Labute approximate surface area is 188 Å². The van der Waals surface area contributed by atoms with Gasteiger partial charge < -0.3 is 10.6 Å². The third kappa shape index (κ3) is 5.62. The zero-order valence-corrected chi connectivity index (χ0v) is 19.4. The molecule has 3 rings (SSSR count). The second-order valence-electron chi connectivity index (χ2n) is 8.22. The summed E-state index contributed by atoms with van der Waals surface area (Å²) in [6, 6.07) is 1.92. The minimum Gasteiger partial charge on any atom is -0.350 e. The van der Waals surface area contributed by atoms with Gasteiger partial charge in [0.2, 0.25) is 0 Å². The van der Waals surface area contributed by atoms with Crippen molar-refractivity contribution in [1.29, 1.82) is 0 Å². The largest absolute Gasteiger partial charge is 0.350 e. The minimum atomic E-state index is -0.577. The zero-order valence-electron chi connectivity index (χ0n) is 17.8. The van der Waals surface area contributed by atoms with Crippen LogP contribution < -0.4 is 21.9 Å². The standard InChI is InChI=1S/C20H29N5O3.2ClH/c1-11(2)10-25-17-16(19(27)24-20(25)28)14(8-15(23-17)12(3)4)18(26)22-9-13-6-5-7-21-13;;/h8,11-13,21H,5-7,9-10H2,1-4H3,(H,22,26)(H,24,27,28);2*1H. The van der Waals surface area contributed by atoms with Crippen LogP contribution in [0.15, 0.2) is 15.7 Å². The summed E-state index contributed by atoms with van der Waals surface area (Å²) in [7, 11) is 0. The predicted octanol–water partition coefficient (Wildman–Crippen LogP) is 2.19. The van der Waals surface area contributed by atoms with E-state index in [4.69, 9.17) is 0 Å². The lowest BCUT2D eigenvalue weighted by molar-refractivity contribution is 0.0951. The number of rotatable bonds is 6. The number of amides is 1. The second kappa shape index (κ2) is 10.9. The molecule has 1 saturated heterocycles. The first-order chi connectivity index (χ1) is 13.3. The Morgan fingerprint density at radius 1 is 1.27 bits per heavy atom. The Morgan fingerprint density at radius 3 is 2.53 bits per heavy atom. The van der Waals surface area contributed by atoms with E-state index in [9.17, 15) is 14.4 Å². The highest BCUT2D eigenvalue weighted by atomic mass is 35.5. The molecule has 10 heteroatoms. The van der Waals surface area contributed by atoms with E-state index >= 15 is 0 Å². The average Bonchev–Trinajstić information content (AvgIpc) is 3.15. The molecule has 3 N–H and O–H groups in total. The molecule has 2 aromatic rings. The summed E-state index contributed by atoms with van der Waals surface area (Å²) >= 11 is 0. The molecule has 168 valence electrons. The summed E-state index contributed by atoms with van der Waals surface area (Å²) in [6.07, 6.45) is 2.11. The van der Waals surface area contributed by atoms with E-state index in [1.54, 1.807) is 6.07 Å². The van der Waals surface area contributed by atoms with Crippen molar-refractivity contribution in [3.63, 3.8) is 0 Å². The number of fused-ring (bicyclic) bond motifs is 1. The number of aromatic amines is 1. The van der Waals surface area contributed by atoms with Crippen LogP contribution in [-0.4, -0.2) is 39.6 Å². The third-order valence-corrected chi connectivity index (χ3v) is 5.02. The van der Waals surface area contributed by atoms with Crippen LogP contribution in [0.3, 0.4) is 0 Å². The molecule has 0 aromatic carbocycles. The van der Waals surface area contributed by atoms with Crippen molar-refractivity contribution in [3.8, 4) is 0 Å². The molecule has 1 aliphatic rings. The maximum absolute atomic E-state index is 13.0. The number of nitrogens with one attached hydrogen (secondary N) is 3. The molecule has 1 fully saturated rings. The third-order valence-electron chi connectivity index (χ3n) is 5.02. The number of carbonyl (C=O) groups excluding carboxylic acids is 1. The molecule has 1 amide bonds. The lowest BCUT2D eigenvalue weighted by Gasteiger charge is -2.16. The van der Waals surface area contributed by atoms with Crippen LogP contribution in [0.25, 0.3) is 11.0 Å². The summed E-state index contributed by atoms with van der Waals surface area (Å²) in [5.74, 6) is -0.0837. The smallest absolute Gasteiger partial charge is 0.330 e. The van der Waals surface area contributed by atoms with Gasteiger partial charge in [0.15, 0.2) is 5.65 Å². The van der Waals surface area contributed by atoms with Gasteiger partial charge in [0, 0.05) is 24.8 Å². The van der Waals surface area contributed by atoms with Crippen LogP contribution in [0, 0.1) is 5.92 Å². The number of nitrogens with zero attached hydrogens (tertiary/aromatic N) is 2. The van der Waals surface area contributed by atoms with E-state index in [-0.39, 0.29) is 65.2 Å². The van der Waals surface area contributed by atoms with Crippen LogP contribution in [0.5, 0.6) is 0 Å². The lowest BCUT2D eigenvalue weighted by Crippen LogP contribution is -2.38. The molecule has 0 radical (unpaired) electrons. The van der Waals surface area contributed by atoms with Crippen molar-refractivity contribution < 1.29 is 4.79 Å². The maximum atomic E-state index is 13.0. The highest BCUT2D eigenvalue weighted by Crippen LogP contribution is 2.20. The quantitative estimate of drug-likeness (QED) is 0.613. The van der Waals surface area contributed by atoms with Gasteiger partial charge >= 0.3 is 5.69 Å². The van der Waals surface area contributed by atoms with Crippen LogP contribution in [0.1, 0.15) is 62.5 Å². The van der Waals surface area contributed by atoms with Gasteiger partial charge in [-0.3, -0.25) is 19.1 Å². The first-order valence-electron chi connectivity index (χ1n) is 9.97. The van der Waals surface area contributed by atoms with E-state index in [0.29, 0.717) is 18.8 Å². The fourth-order valence-electron chi connectivity index (χ4n) is 3.54. The number of carbonyl (C=O) groups is 1. The summed E-state index contributed by atoms with van der Waals surface area (Å²) in [6.45, 7) is 9.77. The molecular formula is C20H31Cl2N5O3. The van der Waals surface area contributed by atoms with Crippen molar-refractivity contribution in [2.75, 3.05) is 13.1 Å². The predicted molar refractivity (Wildman–Crippen MR) is 123 cm³/mol. The normalized spacial score (nSPS) is 15.9. The maximum Gasteiger partial charge on any atom is 0.330 e.